The maximum Gasteiger partial charge on any atom is 0.222 e. The Kier molecular flexibility index (Phi) is 8.97. The standard InChI is InChI=1S/C25H39N3O5/c1-31-21-6-4-19(5-7-21)15-28-16-20(29)17-32-18-24-23(28)9-8-22(33-24)14-25(30)26-10-13-27-11-2-3-12-27/h4-7,20,22-24,29H,2-3,8-18H2,1H3,(H,26,30)/t20-,22+,23+,24-/m1/s1. The molecule has 3 fully saturated rings. The van der Waals surface area contributed by atoms with Gasteiger partial charge in [0.1, 0.15) is 5.75 Å². The Labute approximate surface area is 197 Å². The fraction of sp³-hybridized carbons (Fsp3) is 0.720. The van der Waals surface area contributed by atoms with Crippen molar-refractivity contribution in [3.8, 4) is 5.75 Å². The highest BCUT2D eigenvalue weighted by Gasteiger charge is 2.38. The van der Waals surface area contributed by atoms with Crippen LogP contribution in [0.4, 0.5) is 0 Å². The Hall–Kier alpha value is -1.71. The van der Waals surface area contributed by atoms with Crippen molar-refractivity contribution in [2.75, 3.05) is 53.0 Å². The van der Waals surface area contributed by atoms with Crippen LogP contribution in [0.3, 0.4) is 0 Å². The van der Waals surface area contributed by atoms with Gasteiger partial charge in [0.25, 0.3) is 0 Å². The summed E-state index contributed by atoms with van der Waals surface area (Å²) in [5.41, 5.74) is 1.17. The minimum absolute atomic E-state index is 0.0647. The maximum absolute atomic E-state index is 12.5. The minimum Gasteiger partial charge on any atom is -0.497 e. The van der Waals surface area contributed by atoms with Gasteiger partial charge in [-0.25, -0.2) is 0 Å². The van der Waals surface area contributed by atoms with Gasteiger partial charge in [0.05, 0.1) is 45.1 Å². The van der Waals surface area contributed by atoms with Gasteiger partial charge in [0.15, 0.2) is 0 Å². The van der Waals surface area contributed by atoms with E-state index in [1.807, 2.05) is 12.1 Å². The molecule has 2 N–H and O–H groups in total. The Morgan fingerprint density at radius 3 is 2.73 bits per heavy atom. The van der Waals surface area contributed by atoms with E-state index in [4.69, 9.17) is 14.2 Å². The second-order valence-electron chi connectivity index (χ2n) is 9.51. The van der Waals surface area contributed by atoms with Crippen LogP contribution in [0.25, 0.3) is 0 Å². The van der Waals surface area contributed by atoms with E-state index in [0.29, 0.717) is 32.7 Å². The number of hydrogen-bond donors (Lipinski definition) is 2. The second kappa shape index (κ2) is 12.1. The topological polar surface area (TPSA) is 83.5 Å². The minimum atomic E-state index is -0.525. The molecule has 0 bridgehead atoms. The molecule has 1 amide bonds. The van der Waals surface area contributed by atoms with Crippen LogP contribution in [0.1, 0.15) is 37.7 Å². The van der Waals surface area contributed by atoms with E-state index >= 15 is 0 Å². The number of hydrogen-bond acceptors (Lipinski definition) is 7. The number of ether oxygens (including phenoxy) is 3. The van der Waals surface area contributed by atoms with Crippen LogP contribution in [0.5, 0.6) is 5.75 Å². The Morgan fingerprint density at radius 1 is 1.18 bits per heavy atom. The molecule has 1 aromatic carbocycles. The van der Waals surface area contributed by atoms with E-state index in [2.05, 4.69) is 27.2 Å². The number of carbonyl (C=O) groups excluding carboxylic acids is 1. The number of aliphatic hydroxyl groups excluding tert-OH is 1. The van der Waals surface area contributed by atoms with E-state index in [0.717, 1.165) is 44.8 Å². The van der Waals surface area contributed by atoms with Gasteiger partial charge in [-0.1, -0.05) is 12.1 Å². The Morgan fingerprint density at radius 2 is 1.97 bits per heavy atom. The van der Waals surface area contributed by atoms with E-state index in [1.165, 1.54) is 18.4 Å². The molecule has 3 saturated heterocycles. The SMILES string of the molecule is COc1ccc(CN2C[C@@H](O)COC[C@H]3O[C@H](CC(=O)NCCN4CCCC4)CC[C@@H]32)cc1. The van der Waals surface area contributed by atoms with Crippen molar-refractivity contribution in [1.82, 2.24) is 15.1 Å². The molecule has 0 unspecified atom stereocenters. The number of nitrogens with one attached hydrogen (secondary N) is 1. The molecule has 3 heterocycles. The largest absolute Gasteiger partial charge is 0.497 e. The molecule has 184 valence electrons. The summed E-state index contributed by atoms with van der Waals surface area (Å²) in [5, 5.41) is 13.4. The van der Waals surface area contributed by atoms with Gasteiger partial charge in [0.2, 0.25) is 5.91 Å². The maximum atomic E-state index is 12.5. The van der Waals surface area contributed by atoms with Gasteiger partial charge in [-0.2, -0.15) is 0 Å². The lowest BCUT2D eigenvalue weighted by Crippen LogP contribution is -2.55. The molecule has 0 aromatic heterocycles. The van der Waals surface area contributed by atoms with Crippen LogP contribution in [-0.4, -0.2) is 98.2 Å². The Bertz CT molecular complexity index is 740. The molecule has 8 heteroatoms. The molecule has 0 aliphatic carbocycles. The summed E-state index contributed by atoms with van der Waals surface area (Å²) in [4.78, 5) is 17.2. The normalized spacial score (nSPS) is 29.2. The van der Waals surface area contributed by atoms with Gasteiger partial charge in [-0.15, -0.1) is 0 Å². The summed E-state index contributed by atoms with van der Waals surface area (Å²) in [6.45, 7) is 5.93. The lowest BCUT2D eigenvalue weighted by atomic mass is 9.94. The van der Waals surface area contributed by atoms with Crippen LogP contribution in [0, 0.1) is 0 Å². The summed E-state index contributed by atoms with van der Waals surface area (Å²) in [5.74, 6) is 0.898. The zero-order chi connectivity index (χ0) is 23.0. The zero-order valence-electron chi connectivity index (χ0n) is 19.8. The lowest BCUT2D eigenvalue weighted by molar-refractivity contribution is -0.158. The van der Waals surface area contributed by atoms with Gasteiger partial charge in [0, 0.05) is 32.2 Å². The molecular formula is C25H39N3O5. The van der Waals surface area contributed by atoms with Crippen molar-refractivity contribution >= 4 is 5.91 Å². The zero-order valence-corrected chi connectivity index (χ0v) is 19.8. The third-order valence-electron chi connectivity index (χ3n) is 6.99. The molecular weight excluding hydrogens is 422 g/mol. The molecule has 4 atom stereocenters. The first kappa shape index (κ1) is 24.4. The van der Waals surface area contributed by atoms with Gasteiger partial charge in [-0.3, -0.25) is 9.69 Å². The van der Waals surface area contributed by atoms with Crippen molar-refractivity contribution in [2.24, 2.45) is 0 Å². The second-order valence-corrected chi connectivity index (χ2v) is 9.51. The molecule has 33 heavy (non-hydrogen) atoms. The van der Waals surface area contributed by atoms with Crippen molar-refractivity contribution in [3.63, 3.8) is 0 Å². The predicted octanol–water partition coefficient (Wildman–Crippen LogP) is 1.41. The fourth-order valence-electron chi connectivity index (χ4n) is 5.23. The number of aliphatic hydroxyl groups is 1. The number of methoxy groups -OCH3 is 1. The number of β-amino-alcohol motifs (C(OH)–C–C–N with tert-alkyl or cyclic N) is 1. The van der Waals surface area contributed by atoms with E-state index in [1.54, 1.807) is 7.11 Å². The van der Waals surface area contributed by atoms with Crippen molar-refractivity contribution in [2.45, 2.75) is 63.0 Å². The molecule has 4 rings (SSSR count). The average molecular weight is 462 g/mol. The highest BCUT2D eigenvalue weighted by atomic mass is 16.5. The third kappa shape index (κ3) is 7.13. The summed E-state index contributed by atoms with van der Waals surface area (Å²) in [6, 6.07) is 8.21. The monoisotopic (exact) mass is 461 g/mol. The molecule has 3 aliphatic heterocycles. The van der Waals surface area contributed by atoms with Crippen molar-refractivity contribution in [3.05, 3.63) is 29.8 Å². The fourth-order valence-corrected chi connectivity index (χ4v) is 5.23. The number of rotatable bonds is 8. The van der Waals surface area contributed by atoms with E-state index < -0.39 is 6.10 Å². The quantitative estimate of drug-likeness (QED) is 0.606. The molecule has 1 aromatic rings. The number of amides is 1. The van der Waals surface area contributed by atoms with Crippen LogP contribution in [0.2, 0.25) is 0 Å². The number of nitrogens with zero attached hydrogens (tertiary/aromatic N) is 2. The highest BCUT2D eigenvalue weighted by Crippen LogP contribution is 2.29. The van der Waals surface area contributed by atoms with Crippen molar-refractivity contribution < 1.29 is 24.1 Å². The van der Waals surface area contributed by atoms with Gasteiger partial charge >= 0.3 is 0 Å². The highest BCUT2D eigenvalue weighted by molar-refractivity contribution is 5.76. The number of carbonyl (C=O) groups is 1. The summed E-state index contributed by atoms with van der Waals surface area (Å²) >= 11 is 0. The summed E-state index contributed by atoms with van der Waals surface area (Å²) in [6.07, 6.45) is 3.95. The van der Waals surface area contributed by atoms with Gasteiger partial charge < -0.3 is 29.5 Å². The third-order valence-corrected chi connectivity index (χ3v) is 6.99. The van der Waals surface area contributed by atoms with E-state index in [9.17, 15) is 9.90 Å². The first-order chi connectivity index (χ1) is 16.1. The Balaban J connectivity index is 1.30. The smallest absolute Gasteiger partial charge is 0.222 e. The number of benzene rings is 1. The molecule has 8 nitrogen and oxygen atoms in total. The summed E-state index contributed by atoms with van der Waals surface area (Å²) < 4.78 is 17.4. The summed E-state index contributed by atoms with van der Waals surface area (Å²) in [7, 11) is 1.66. The molecule has 3 aliphatic rings. The molecule has 0 radical (unpaired) electrons. The first-order valence-electron chi connectivity index (χ1n) is 12.4. The van der Waals surface area contributed by atoms with Gasteiger partial charge in [-0.05, 0) is 56.5 Å². The predicted molar refractivity (Wildman–Crippen MR) is 125 cm³/mol. The average Bonchev–Trinajstić information content (AvgIpc) is 3.32. The van der Waals surface area contributed by atoms with Crippen LogP contribution >= 0.6 is 0 Å². The first-order valence-corrected chi connectivity index (χ1v) is 12.4. The molecule has 0 spiro atoms. The van der Waals surface area contributed by atoms with Crippen LogP contribution in [-0.2, 0) is 20.8 Å². The van der Waals surface area contributed by atoms with Crippen LogP contribution in [0.15, 0.2) is 24.3 Å². The van der Waals surface area contributed by atoms with Crippen molar-refractivity contribution in [1.29, 1.82) is 0 Å². The molecule has 0 saturated carbocycles. The number of likely N-dealkylation sites (tertiary alicyclic amines) is 1. The van der Waals surface area contributed by atoms with E-state index in [-0.39, 0.29) is 24.2 Å². The number of fused-ring (bicyclic) bond motifs is 1. The van der Waals surface area contributed by atoms with Crippen LogP contribution < -0.4 is 10.1 Å². The lowest BCUT2D eigenvalue weighted by Gasteiger charge is -2.44.